The lowest BCUT2D eigenvalue weighted by atomic mass is 9.68. The predicted molar refractivity (Wildman–Crippen MR) is 93.3 cm³/mol. The van der Waals surface area contributed by atoms with Crippen molar-refractivity contribution in [3.8, 4) is 0 Å². The first kappa shape index (κ1) is 17.6. The van der Waals surface area contributed by atoms with Gasteiger partial charge in [0.05, 0.1) is 10.8 Å². The highest BCUT2D eigenvalue weighted by Gasteiger charge is 2.47. The Morgan fingerprint density at radius 1 is 0.864 bits per heavy atom. The highest BCUT2D eigenvalue weighted by Crippen LogP contribution is 2.44. The van der Waals surface area contributed by atoms with E-state index < -0.39 is 0 Å². The zero-order valence-corrected chi connectivity index (χ0v) is 15.5. The molecule has 3 aliphatic rings. The van der Waals surface area contributed by atoms with Crippen LogP contribution in [0.2, 0.25) is 0 Å². The standard InChI is InChI=1S/C16H23Cl4NO/c17-9-3-1-8(2-4-9)14-6-11(16(20)22)10-5-12(18)13(19)7-15(10)21-14/h8-15,21H,1-7H2. The molecule has 6 heteroatoms. The molecule has 6 unspecified atom stereocenters. The molecule has 2 aliphatic carbocycles. The Morgan fingerprint density at radius 2 is 1.50 bits per heavy atom. The summed E-state index contributed by atoms with van der Waals surface area (Å²) in [6, 6.07) is 0.617. The Morgan fingerprint density at radius 3 is 2.14 bits per heavy atom. The summed E-state index contributed by atoms with van der Waals surface area (Å²) in [7, 11) is 0. The van der Waals surface area contributed by atoms with Gasteiger partial charge in [-0.1, -0.05) is 0 Å². The van der Waals surface area contributed by atoms with Crippen molar-refractivity contribution in [1.29, 1.82) is 0 Å². The van der Waals surface area contributed by atoms with Crippen LogP contribution in [0.4, 0.5) is 0 Å². The number of hydrogen-bond donors (Lipinski definition) is 1. The van der Waals surface area contributed by atoms with Crippen LogP contribution in [0.3, 0.4) is 0 Å². The van der Waals surface area contributed by atoms with Crippen LogP contribution in [0, 0.1) is 17.8 Å². The van der Waals surface area contributed by atoms with E-state index in [0.29, 0.717) is 17.3 Å². The number of rotatable bonds is 2. The van der Waals surface area contributed by atoms with Gasteiger partial charge in [-0.05, 0) is 68.4 Å². The molecular formula is C16H23Cl4NO. The van der Waals surface area contributed by atoms with E-state index in [-0.39, 0.29) is 33.9 Å². The van der Waals surface area contributed by atoms with Gasteiger partial charge in [0.2, 0.25) is 5.24 Å². The third-order valence-electron chi connectivity index (χ3n) is 5.90. The van der Waals surface area contributed by atoms with Gasteiger partial charge in [0.25, 0.3) is 0 Å². The van der Waals surface area contributed by atoms with Gasteiger partial charge in [0, 0.05) is 23.4 Å². The predicted octanol–water partition coefficient (Wildman–Crippen LogP) is 4.52. The third-order valence-corrected chi connectivity index (χ3v) is 7.71. The maximum atomic E-state index is 12.0. The topological polar surface area (TPSA) is 29.1 Å². The molecular weight excluding hydrogens is 364 g/mol. The first-order valence-corrected chi connectivity index (χ1v) is 10.0. The number of alkyl halides is 3. The monoisotopic (exact) mass is 385 g/mol. The molecule has 1 heterocycles. The molecule has 0 radical (unpaired) electrons. The minimum absolute atomic E-state index is 0.0289. The average Bonchev–Trinajstić information content (AvgIpc) is 2.48. The van der Waals surface area contributed by atoms with Gasteiger partial charge in [-0.25, -0.2) is 0 Å². The van der Waals surface area contributed by atoms with Crippen molar-refractivity contribution in [3.05, 3.63) is 0 Å². The summed E-state index contributed by atoms with van der Waals surface area (Å²) >= 11 is 24.8. The summed E-state index contributed by atoms with van der Waals surface area (Å²) in [5.74, 6) is 0.733. The summed E-state index contributed by atoms with van der Waals surface area (Å²) in [5, 5.41) is 3.80. The van der Waals surface area contributed by atoms with Crippen molar-refractivity contribution in [2.75, 3.05) is 0 Å². The van der Waals surface area contributed by atoms with E-state index in [9.17, 15) is 4.79 Å². The first-order valence-electron chi connectivity index (χ1n) is 8.33. The molecule has 2 saturated carbocycles. The second kappa shape index (κ2) is 7.35. The highest BCUT2D eigenvalue weighted by molar-refractivity contribution is 6.64. The van der Waals surface area contributed by atoms with Crippen molar-refractivity contribution in [2.45, 2.75) is 73.2 Å². The second-order valence-corrected chi connectivity index (χ2v) is 9.32. The van der Waals surface area contributed by atoms with E-state index in [2.05, 4.69) is 5.32 Å². The number of hydrogen-bond acceptors (Lipinski definition) is 2. The fourth-order valence-corrected chi connectivity index (χ4v) is 5.74. The largest absolute Gasteiger partial charge is 0.311 e. The number of halogens is 4. The number of carbonyl (C=O) groups excluding carboxylic acids is 1. The van der Waals surface area contributed by atoms with E-state index in [1.807, 2.05) is 0 Å². The highest BCUT2D eigenvalue weighted by atomic mass is 35.5. The fraction of sp³-hybridized carbons (Fsp3) is 0.938. The van der Waals surface area contributed by atoms with Gasteiger partial charge in [0.15, 0.2) is 0 Å². The Kier molecular flexibility index (Phi) is 5.88. The quantitative estimate of drug-likeness (QED) is 0.558. The third kappa shape index (κ3) is 3.72. The molecule has 1 saturated heterocycles. The van der Waals surface area contributed by atoms with E-state index in [1.54, 1.807) is 0 Å². The summed E-state index contributed by atoms with van der Waals surface area (Å²) in [5.41, 5.74) is 0. The maximum Gasteiger partial charge on any atom is 0.225 e. The molecule has 126 valence electrons. The molecule has 2 nitrogen and oxygen atoms in total. The lowest BCUT2D eigenvalue weighted by molar-refractivity contribution is -0.119. The molecule has 22 heavy (non-hydrogen) atoms. The summed E-state index contributed by atoms with van der Waals surface area (Å²) in [4.78, 5) is 12.0. The Hall–Kier alpha value is 0.790. The average molecular weight is 387 g/mol. The number of fused-ring (bicyclic) bond motifs is 1. The zero-order valence-electron chi connectivity index (χ0n) is 12.5. The molecule has 0 aromatic rings. The van der Waals surface area contributed by atoms with Gasteiger partial charge in [-0.3, -0.25) is 4.79 Å². The van der Waals surface area contributed by atoms with Gasteiger partial charge in [-0.15, -0.1) is 34.8 Å². The van der Waals surface area contributed by atoms with Crippen molar-refractivity contribution in [2.24, 2.45) is 17.8 Å². The van der Waals surface area contributed by atoms with Crippen molar-refractivity contribution >= 4 is 51.6 Å². The van der Waals surface area contributed by atoms with Crippen LogP contribution in [0.25, 0.3) is 0 Å². The SMILES string of the molecule is O=C(Cl)C1CC(C2CCC(Cl)CC2)NC2CC(Cl)C(Cl)CC21. The normalized spacial score (nSPS) is 49.5. The van der Waals surface area contributed by atoms with Gasteiger partial charge in [-0.2, -0.15) is 0 Å². The summed E-state index contributed by atoms with van der Waals surface area (Å²) in [6.45, 7) is 0. The molecule has 0 amide bonds. The van der Waals surface area contributed by atoms with Crippen LogP contribution < -0.4 is 5.32 Å². The van der Waals surface area contributed by atoms with Gasteiger partial charge >= 0.3 is 0 Å². The minimum Gasteiger partial charge on any atom is -0.311 e. The summed E-state index contributed by atoms with van der Waals surface area (Å²) < 4.78 is 0. The molecule has 0 spiro atoms. The van der Waals surface area contributed by atoms with Crippen molar-refractivity contribution in [3.63, 3.8) is 0 Å². The van der Waals surface area contributed by atoms with Crippen LogP contribution in [-0.4, -0.2) is 33.5 Å². The lowest BCUT2D eigenvalue weighted by Gasteiger charge is -2.49. The van der Waals surface area contributed by atoms with E-state index in [0.717, 1.165) is 44.9 Å². The zero-order chi connectivity index (χ0) is 15.9. The molecule has 0 aromatic heterocycles. The number of nitrogens with one attached hydrogen (secondary N) is 1. The Bertz CT molecular complexity index is 413. The number of carbonyl (C=O) groups is 1. The molecule has 0 bridgehead atoms. The second-order valence-electron chi connectivity index (χ2n) is 7.21. The van der Waals surface area contributed by atoms with Crippen molar-refractivity contribution < 1.29 is 4.79 Å². The smallest absolute Gasteiger partial charge is 0.225 e. The molecule has 1 N–H and O–H groups in total. The minimum atomic E-state index is -0.204. The van der Waals surface area contributed by atoms with E-state index >= 15 is 0 Å². The molecule has 1 aliphatic heterocycles. The van der Waals surface area contributed by atoms with E-state index in [1.165, 1.54) is 0 Å². The Balaban J connectivity index is 1.72. The molecule has 6 atom stereocenters. The molecule has 0 aromatic carbocycles. The molecule has 3 rings (SSSR count). The number of piperidine rings is 1. The van der Waals surface area contributed by atoms with E-state index in [4.69, 9.17) is 46.4 Å². The van der Waals surface area contributed by atoms with Crippen molar-refractivity contribution in [1.82, 2.24) is 5.32 Å². The fourth-order valence-electron chi connectivity index (χ4n) is 4.64. The first-order chi connectivity index (χ1) is 10.5. The van der Waals surface area contributed by atoms with Crippen LogP contribution in [0.15, 0.2) is 0 Å². The maximum absolute atomic E-state index is 12.0. The Labute approximate surface area is 152 Å². The van der Waals surface area contributed by atoms with Crippen LogP contribution >= 0.6 is 46.4 Å². The lowest BCUT2D eigenvalue weighted by Crippen LogP contribution is -2.59. The van der Waals surface area contributed by atoms with Crippen LogP contribution in [-0.2, 0) is 4.79 Å². The summed E-state index contributed by atoms with van der Waals surface area (Å²) in [6.07, 6.45) is 6.83. The van der Waals surface area contributed by atoms with Gasteiger partial charge in [0.1, 0.15) is 0 Å². The van der Waals surface area contributed by atoms with Crippen LogP contribution in [0.5, 0.6) is 0 Å². The van der Waals surface area contributed by atoms with Crippen LogP contribution in [0.1, 0.15) is 44.9 Å². The molecule has 3 fully saturated rings. The van der Waals surface area contributed by atoms with Gasteiger partial charge < -0.3 is 5.32 Å².